The van der Waals surface area contributed by atoms with Crippen LogP contribution in [0.2, 0.25) is 0 Å². The van der Waals surface area contributed by atoms with Gasteiger partial charge in [-0.1, -0.05) is 6.58 Å². The summed E-state index contributed by atoms with van der Waals surface area (Å²) in [6.45, 7) is 8.53. The van der Waals surface area contributed by atoms with E-state index in [9.17, 15) is 0 Å². The molecule has 7 nitrogen and oxygen atoms in total. The molecule has 1 aliphatic rings. The molecule has 0 aromatic carbocycles. The van der Waals surface area contributed by atoms with Crippen molar-refractivity contribution in [1.82, 2.24) is 19.5 Å². The van der Waals surface area contributed by atoms with Gasteiger partial charge in [-0.2, -0.15) is 5.10 Å². The summed E-state index contributed by atoms with van der Waals surface area (Å²) >= 11 is 0. The number of hydrogen-bond acceptors (Lipinski definition) is 5. The van der Waals surface area contributed by atoms with Crippen LogP contribution in [-0.4, -0.2) is 51.6 Å². The van der Waals surface area contributed by atoms with E-state index in [2.05, 4.69) is 26.6 Å². The number of aliphatic imine (C=N–C) groups is 1. The van der Waals surface area contributed by atoms with Crippen LogP contribution in [0.3, 0.4) is 0 Å². The van der Waals surface area contributed by atoms with Crippen LogP contribution in [0.5, 0.6) is 0 Å². The molecule has 0 amide bonds. The summed E-state index contributed by atoms with van der Waals surface area (Å²) < 4.78 is 7.13. The zero-order chi connectivity index (χ0) is 16.2. The van der Waals surface area contributed by atoms with Crippen LogP contribution in [-0.2, 0) is 4.74 Å². The third-order valence-corrected chi connectivity index (χ3v) is 3.68. The van der Waals surface area contributed by atoms with Gasteiger partial charge in [0.1, 0.15) is 11.5 Å². The number of amidine groups is 1. The summed E-state index contributed by atoms with van der Waals surface area (Å²) in [7, 11) is 0. The molecule has 0 atom stereocenters. The Labute approximate surface area is 134 Å². The summed E-state index contributed by atoms with van der Waals surface area (Å²) in [5.74, 6) is 0.770. The lowest BCUT2D eigenvalue weighted by Crippen LogP contribution is -2.40. The van der Waals surface area contributed by atoms with Gasteiger partial charge in [0.15, 0.2) is 5.65 Å². The van der Waals surface area contributed by atoms with E-state index in [4.69, 9.17) is 10.5 Å². The number of ether oxygens (including phenoxy) is 1. The molecule has 1 fully saturated rings. The second-order valence-corrected chi connectivity index (χ2v) is 5.21. The summed E-state index contributed by atoms with van der Waals surface area (Å²) in [6.07, 6.45) is 5.08. The molecule has 7 heteroatoms. The van der Waals surface area contributed by atoms with Crippen molar-refractivity contribution in [3.63, 3.8) is 0 Å². The quantitative estimate of drug-likeness (QED) is 0.680. The average Bonchev–Trinajstić information content (AvgIpc) is 2.91. The SMILES string of the molecule is C=CN=C(/C=C(\N)c1c(C)nc2cccnn12)N1CCOCC1. The van der Waals surface area contributed by atoms with Crippen molar-refractivity contribution in [3.8, 4) is 0 Å². The Kier molecular flexibility index (Phi) is 4.38. The van der Waals surface area contributed by atoms with Crippen molar-refractivity contribution in [2.45, 2.75) is 6.92 Å². The molecule has 1 aliphatic heterocycles. The maximum absolute atomic E-state index is 6.33. The van der Waals surface area contributed by atoms with Gasteiger partial charge < -0.3 is 15.4 Å². The Bertz CT molecular complexity index is 770. The normalized spacial score (nSPS) is 16.8. The first-order valence-electron chi connectivity index (χ1n) is 7.50. The lowest BCUT2D eigenvalue weighted by molar-refractivity contribution is 0.0684. The molecule has 0 unspecified atom stereocenters. The smallest absolute Gasteiger partial charge is 0.154 e. The zero-order valence-corrected chi connectivity index (χ0v) is 13.1. The van der Waals surface area contributed by atoms with Gasteiger partial charge in [0.25, 0.3) is 0 Å². The Balaban J connectivity index is 2.00. The van der Waals surface area contributed by atoms with E-state index in [0.717, 1.165) is 36.0 Å². The van der Waals surface area contributed by atoms with Gasteiger partial charge in [-0.25, -0.2) is 14.5 Å². The monoisotopic (exact) mass is 312 g/mol. The third kappa shape index (κ3) is 3.09. The van der Waals surface area contributed by atoms with Crippen LogP contribution in [0.4, 0.5) is 0 Å². The van der Waals surface area contributed by atoms with Gasteiger partial charge >= 0.3 is 0 Å². The number of imidazole rings is 1. The number of nitrogens with two attached hydrogens (primary N) is 1. The molecular weight excluding hydrogens is 292 g/mol. The Hall–Kier alpha value is -2.67. The fourth-order valence-electron chi connectivity index (χ4n) is 2.63. The summed E-state index contributed by atoms with van der Waals surface area (Å²) in [5, 5.41) is 4.33. The lowest BCUT2D eigenvalue weighted by atomic mass is 10.2. The summed E-state index contributed by atoms with van der Waals surface area (Å²) in [5.41, 5.74) is 9.28. The fraction of sp³-hybridized carbons (Fsp3) is 0.312. The molecule has 0 radical (unpaired) electrons. The van der Waals surface area contributed by atoms with Gasteiger partial charge in [0.2, 0.25) is 0 Å². The van der Waals surface area contributed by atoms with Gasteiger partial charge in [0, 0.05) is 31.6 Å². The molecule has 3 heterocycles. The number of nitrogens with zero attached hydrogens (tertiary/aromatic N) is 5. The molecule has 0 spiro atoms. The maximum atomic E-state index is 6.33. The first kappa shape index (κ1) is 15.2. The lowest BCUT2D eigenvalue weighted by Gasteiger charge is -2.28. The Morgan fingerprint density at radius 3 is 2.96 bits per heavy atom. The minimum atomic E-state index is 0.570. The van der Waals surface area contributed by atoms with Gasteiger partial charge in [-0.05, 0) is 19.1 Å². The second kappa shape index (κ2) is 6.62. The van der Waals surface area contributed by atoms with Crippen LogP contribution in [0.1, 0.15) is 11.4 Å². The highest BCUT2D eigenvalue weighted by atomic mass is 16.5. The van der Waals surface area contributed by atoms with Crippen molar-refractivity contribution in [2.75, 3.05) is 26.3 Å². The van der Waals surface area contributed by atoms with Crippen molar-refractivity contribution in [3.05, 3.63) is 48.6 Å². The van der Waals surface area contributed by atoms with E-state index in [0.29, 0.717) is 18.9 Å². The molecule has 23 heavy (non-hydrogen) atoms. The number of aromatic nitrogens is 3. The van der Waals surface area contributed by atoms with E-state index >= 15 is 0 Å². The summed E-state index contributed by atoms with van der Waals surface area (Å²) in [6, 6.07) is 3.75. The van der Waals surface area contributed by atoms with Gasteiger partial charge in [0.05, 0.1) is 24.6 Å². The molecule has 2 aromatic rings. The molecule has 3 rings (SSSR count). The molecule has 2 aromatic heterocycles. The molecule has 0 bridgehead atoms. The van der Waals surface area contributed by atoms with E-state index < -0.39 is 0 Å². The van der Waals surface area contributed by atoms with Crippen molar-refractivity contribution < 1.29 is 4.74 Å². The minimum absolute atomic E-state index is 0.570. The highest BCUT2D eigenvalue weighted by Crippen LogP contribution is 2.16. The first-order chi connectivity index (χ1) is 11.2. The number of aryl methyl sites for hydroxylation is 1. The molecule has 0 aliphatic carbocycles. The molecule has 2 N–H and O–H groups in total. The number of hydrogen-bond donors (Lipinski definition) is 1. The third-order valence-electron chi connectivity index (χ3n) is 3.68. The maximum Gasteiger partial charge on any atom is 0.154 e. The molecule has 1 saturated heterocycles. The highest BCUT2D eigenvalue weighted by Gasteiger charge is 2.16. The number of rotatable bonds is 3. The topological polar surface area (TPSA) is 81.0 Å². The first-order valence-corrected chi connectivity index (χ1v) is 7.50. The van der Waals surface area contributed by atoms with Crippen molar-refractivity contribution in [1.29, 1.82) is 0 Å². The van der Waals surface area contributed by atoms with Crippen molar-refractivity contribution in [2.24, 2.45) is 10.7 Å². The Morgan fingerprint density at radius 2 is 2.22 bits per heavy atom. The van der Waals surface area contributed by atoms with Crippen LogP contribution in [0, 0.1) is 6.92 Å². The van der Waals surface area contributed by atoms with Crippen LogP contribution in [0.15, 0.2) is 42.2 Å². The number of morpholine rings is 1. The predicted octanol–water partition coefficient (Wildman–Crippen LogP) is 1.21. The van der Waals surface area contributed by atoms with Crippen LogP contribution >= 0.6 is 0 Å². The highest BCUT2D eigenvalue weighted by molar-refractivity contribution is 5.99. The van der Waals surface area contributed by atoms with E-state index in [1.807, 2.05) is 25.1 Å². The molecule has 0 saturated carbocycles. The minimum Gasteiger partial charge on any atom is -0.397 e. The largest absolute Gasteiger partial charge is 0.397 e. The standard InChI is InChI=1S/C16H20N6O/c1-3-18-15(21-7-9-23-10-8-21)11-13(17)16-12(2)20-14-5-4-6-19-22(14)16/h3-6,11H,1,7-10,17H2,2H3/b13-11-,18-15?. The average molecular weight is 312 g/mol. The molecular formula is C16H20N6O. The van der Waals surface area contributed by atoms with Gasteiger partial charge in [-0.15, -0.1) is 0 Å². The zero-order valence-electron chi connectivity index (χ0n) is 13.1. The van der Waals surface area contributed by atoms with E-state index in [1.165, 1.54) is 6.20 Å². The molecule has 120 valence electrons. The van der Waals surface area contributed by atoms with E-state index in [1.54, 1.807) is 10.7 Å². The fourth-order valence-corrected chi connectivity index (χ4v) is 2.63. The Morgan fingerprint density at radius 1 is 1.43 bits per heavy atom. The summed E-state index contributed by atoms with van der Waals surface area (Å²) in [4.78, 5) is 11.0. The van der Waals surface area contributed by atoms with Gasteiger partial charge in [-0.3, -0.25) is 0 Å². The van der Waals surface area contributed by atoms with E-state index in [-0.39, 0.29) is 0 Å². The van der Waals surface area contributed by atoms with Crippen LogP contribution < -0.4 is 5.73 Å². The van der Waals surface area contributed by atoms with Crippen LogP contribution in [0.25, 0.3) is 11.3 Å². The predicted molar refractivity (Wildman–Crippen MR) is 89.9 cm³/mol. The second-order valence-electron chi connectivity index (χ2n) is 5.21. The number of fused-ring (bicyclic) bond motifs is 1. The van der Waals surface area contributed by atoms with Crippen molar-refractivity contribution >= 4 is 17.2 Å².